The molecule has 0 aliphatic heterocycles. The van der Waals surface area contributed by atoms with E-state index in [2.05, 4.69) is 15.5 Å². The van der Waals surface area contributed by atoms with Gasteiger partial charge in [-0.1, -0.05) is 35.5 Å². The van der Waals surface area contributed by atoms with E-state index in [1.165, 1.54) is 22.1 Å². The van der Waals surface area contributed by atoms with Crippen molar-refractivity contribution in [2.75, 3.05) is 21.6 Å². The number of rotatable bonds is 9. The zero-order valence-corrected chi connectivity index (χ0v) is 20.5. The Bertz CT molecular complexity index is 1240. The summed E-state index contributed by atoms with van der Waals surface area (Å²) in [5.41, 5.74) is 2.44. The molecule has 0 fully saturated rings. The van der Waals surface area contributed by atoms with Gasteiger partial charge < -0.3 is 9.88 Å². The van der Waals surface area contributed by atoms with Crippen molar-refractivity contribution in [3.8, 4) is 0 Å². The average molecular weight is 492 g/mol. The molecule has 0 bridgehead atoms. The molecule has 3 aromatic rings. The van der Waals surface area contributed by atoms with Gasteiger partial charge in [-0.15, -0.1) is 10.2 Å². The summed E-state index contributed by atoms with van der Waals surface area (Å²) < 4.78 is 41.6. The van der Waals surface area contributed by atoms with E-state index in [-0.39, 0.29) is 24.0 Å². The Labute approximate surface area is 197 Å². The molecule has 176 valence electrons. The summed E-state index contributed by atoms with van der Waals surface area (Å²) in [4.78, 5) is 12.3. The third-order valence-corrected chi connectivity index (χ3v) is 7.01. The van der Waals surface area contributed by atoms with Gasteiger partial charge in [0, 0.05) is 12.2 Å². The maximum atomic E-state index is 13.7. The summed E-state index contributed by atoms with van der Waals surface area (Å²) in [6.45, 7) is 5.98. The zero-order valence-electron chi connectivity index (χ0n) is 18.9. The van der Waals surface area contributed by atoms with E-state index in [1.54, 1.807) is 35.8 Å². The number of carbonyl (C=O) groups is 1. The van der Waals surface area contributed by atoms with E-state index in [1.807, 2.05) is 26.0 Å². The summed E-state index contributed by atoms with van der Waals surface area (Å²) in [6.07, 6.45) is 1.15. The van der Waals surface area contributed by atoms with Gasteiger partial charge in [-0.05, 0) is 50.6 Å². The van der Waals surface area contributed by atoms with Crippen molar-refractivity contribution in [2.24, 2.45) is 0 Å². The van der Waals surface area contributed by atoms with Crippen LogP contribution in [0.3, 0.4) is 0 Å². The lowest BCUT2D eigenvalue weighted by Gasteiger charge is -2.22. The molecule has 0 atom stereocenters. The lowest BCUT2D eigenvalue weighted by Crippen LogP contribution is -2.30. The number of hydrogen-bond acceptors (Lipinski definition) is 6. The molecular weight excluding hydrogens is 465 g/mol. The van der Waals surface area contributed by atoms with Crippen molar-refractivity contribution >= 4 is 39.1 Å². The van der Waals surface area contributed by atoms with Crippen molar-refractivity contribution in [3.05, 3.63) is 65.2 Å². The number of sulfonamides is 1. The van der Waals surface area contributed by atoms with Crippen LogP contribution >= 0.6 is 11.8 Å². The molecule has 1 N–H and O–H groups in total. The number of aromatic nitrogens is 3. The largest absolute Gasteiger partial charge is 0.325 e. The highest BCUT2D eigenvalue weighted by atomic mass is 32.2. The molecule has 0 unspecified atom stereocenters. The second kappa shape index (κ2) is 10.3. The minimum atomic E-state index is -3.56. The molecule has 2 aromatic carbocycles. The Hall–Kier alpha value is -2.92. The van der Waals surface area contributed by atoms with Gasteiger partial charge in [0.25, 0.3) is 0 Å². The zero-order chi connectivity index (χ0) is 24.2. The minimum absolute atomic E-state index is 0.0120. The summed E-state index contributed by atoms with van der Waals surface area (Å²) in [6, 6.07) is 11.7. The highest BCUT2D eigenvalue weighted by Gasteiger charge is 2.22. The number of hydrogen-bond donors (Lipinski definition) is 1. The summed E-state index contributed by atoms with van der Waals surface area (Å²) in [7, 11) is -3.56. The summed E-state index contributed by atoms with van der Waals surface area (Å²) in [5.74, 6) is -0.193. The average Bonchev–Trinajstić information content (AvgIpc) is 3.15. The number of thioether (sulfide) groups is 1. The molecule has 3 rings (SSSR count). The van der Waals surface area contributed by atoms with E-state index in [4.69, 9.17) is 0 Å². The first-order chi connectivity index (χ1) is 15.6. The Balaban J connectivity index is 1.72. The quantitative estimate of drug-likeness (QED) is 0.458. The Morgan fingerprint density at radius 1 is 1.15 bits per heavy atom. The van der Waals surface area contributed by atoms with E-state index in [0.717, 1.165) is 11.8 Å². The first-order valence-electron chi connectivity index (χ1n) is 10.2. The fourth-order valence-electron chi connectivity index (χ4n) is 3.10. The van der Waals surface area contributed by atoms with Gasteiger partial charge in [-0.25, -0.2) is 12.8 Å². The number of halogens is 1. The SMILES string of the molecule is CCn1c(CN(c2ccc(C)cc2)S(C)(=O)=O)nnc1SCC(=O)Nc1ccc(C)c(F)c1. The van der Waals surface area contributed by atoms with Crippen LogP contribution in [0.4, 0.5) is 15.8 Å². The smallest absolute Gasteiger partial charge is 0.234 e. The van der Waals surface area contributed by atoms with E-state index in [9.17, 15) is 17.6 Å². The van der Waals surface area contributed by atoms with Gasteiger partial charge >= 0.3 is 0 Å². The molecule has 1 amide bonds. The highest BCUT2D eigenvalue weighted by molar-refractivity contribution is 7.99. The number of amides is 1. The molecule has 8 nitrogen and oxygen atoms in total. The fraction of sp³-hybridized carbons (Fsp3) is 0.318. The van der Waals surface area contributed by atoms with Gasteiger partial charge in [0.05, 0.1) is 24.2 Å². The maximum absolute atomic E-state index is 13.7. The van der Waals surface area contributed by atoms with Crippen LogP contribution in [0, 0.1) is 19.7 Å². The molecule has 1 aromatic heterocycles. The van der Waals surface area contributed by atoms with Crippen molar-refractivity contribution in [1.29, 1.82) is 0 Å². The molecule has 33 heavy (non-hydrogen) atoms. The van der Waals surface area contributed by atoms with Crippen molar-refractivity contribution in [3.63, 3.8) is 0 Å². The standard InChI is InChI=1S/C22H26FN5O3S2/c1-5-27-20(13-28(33(4,30)31)18-10-6-15(2)7-11-18)25-26-22(27)32-14-21(29)24-17-9-8-16(3)19(23)12-17/h6-12H,5,13-14H2,1-4H3,(H,24,29). The van der Waals surface area contributed by atoms with Crippen LogP contribution < -0.4 is 9.62 Å². The van der Waals surface area contributed by atoms with Crippen LogP contribution in [0.1, 0.15) is 23.9 Å². The maximum Gasteiger partial charge on any atom is 0.234 e. The molecular formula is C22H26FN5O3S2. The van der Waals surface area contributed by atoms with E-state index < -0.39 is 10.0 Å². The topological polar surface area (TPSA) is 97.2 Å². The second-order valence-electron chi connectivity index (χ2n) is 7.55. The van der Waals surface area contributed by atoms with E-state index >= 15 is 0 Å². The molecule has 0 radical (unpaired) electrons. The molecule has 0 aliphatic rings. The number of nitrogens with one attached hydrogen (secondary N) is 1. The normalized spacial score (nSPS) is 11.4. The van der Waals surface area contributed by atoms with Gasteiger partial charge in [0.15, 0.2) is 11.0 Å². The molecule has 0 aliphatic carbocycles. The minimum Gasteiger partial charge on any atom is -0.325 e. The van der Waals surface area contributed by atoms with Gasteiger partial charge in [0.2, 0.25) is 15.9 Å². The predicted molar refractivity (Wildman–Crippen MR) is 128 cm³/mol. The van der Waals surface area contributed by atoms with Gasteiger partial charge in [-0.3, -0.25) is 9.10 Å². The summed E-state index contributed by atoms with van der Waals surface area (Å²) in [5, 5.41) is 11.5. The molecule has 0 saturated carbocycles. The number of aryl methyl sites for hydroxylation is 2. The van der Waals surface area contributed by atoms with Crippen molar-refractivity contribution in [1.82, 2.24) is 14.8 Å². The third kappa shape index (κ3) is 6.32. The van der Waals surface area contributed by atoms with Crippen LogP contribution in [0.5, 0.6) is 0 Å². The Kier molecular flexibility index (Phi) is 7.75. The fourth-order valence-corrected chi connectivity index (χ4v) is 4.77. The summed E-state index contributed by atoms with van der Waals surface area (Å²) >= 11 is 1.18. The number of nitrogens with zero attached hydrogens (tertiary/aromatic N) is 4. The van der Waals surface area contributed by atoms with Crippen molar-refractivity contribution in [2.45, 2.75) is 39.0 Å². The van der Waals surface area contributed by atoms with Crippen LogP contribution in [0.2, 0.25) is 0 Å². The predicted octanol–water partition coefficient (Wildman–Crippen LogP) is 3.75. The van der Waals surface area contributed by atoms with Gasteiger partial charge in [-0.2, -0.15) is 0 Å². The van der Waals surface area contributed by atoms with Crippen LogP contribution in [0.15, 0.2) is 47.6 Å². The highest BCUT2D eigenvalue weighted by Crippen LogP contribution is 2.23. The first-order valence-corrected chi connectivity index (χ1v) is 13.1. The Morgan fingerprint density at radius 3 is 2.45 bits per heavy atom. The number of carbonyl (C=O) groups excluding carboxylic acids is 1. The molecule has 0 spiro atoms. The first kappa shape index (κ1) is 24.7. The number of anilines is 2. The van der Waals surface area contributed by atoms with Crippen LogP contribution in [-0.4, -0.2) is 41.1 Å². The van der Waals surface area contributed by atoms with Crippen LogP contribution in [0.25, 0.3) is 0 Å². The molecule has 1 heterocycles. The lowest BCUT2D eigenvalue weighted by atomic mass is 10.2. The Morgan fingerprint density at radius 2 is 1.85 bits per heavy atom. The second-order valence-corrected chi connectivity index (χ2v) is 10.4. The van der Waals surface area contributed by atoms with Crippen molar-refractivity contribution < 1.29 is 17.6 Å². The lowest BCUT2D eigenvalue weighted by molar-refractivity contribution is -0.113. The van der Waals surface area contributed by atoms with E-state index in [0.29, 0.717) is 34.5 Å². The number of benzene rings is 2. The third-order valence-electron chi connectivity index (χ3n) is 4.90. The molecule has 11 heteroatoms. The molecule has 0 saturated heterocycles. The monoisotopic (exact) mass is 491 g/mol. The van der Waals surface area contributed by atoms with Crippen LogP contribution in [-0.2, 0) is 27.9 Å². The van der Waals surface area contributed by atoms with Gasteiger partial charge in [0.1, 0.15) is 5.82 Å².